The zero-order valence-electron chi connectivity index (χ0n) is 16.0. The number of benzene rings is 2. The van der Waals surface area contributed by atoms with Gasteiger partial charge < -0.3 is 4.42 Å². The van der Waals surface area contributed by atoms with Crippen molar-refractivity contribution in [3.05, 3.63) is 77.6 Å². The SMILES string of the molecule is CCn1c(SCC(=O)c2ccc3c(c2)-c2ccccc2C3)nnc1-c1ccco1. The lowest BCUT2D eigenvalue weighted by atomic mass is 10.0. The van der Waals surface area contributed by atoms with Crippen molar-refractivity contribution in [2.75, 3.05) is 5.75 Å². The van der Waals surface area contributed by atoms with Crippen molar-refractivity contribution in [1.82, 2.24) is 14.8 Å². The molecule has 2 heterocycles. The zero-order chi connectivity index (χ0) is 19.8. The van der Waals surface area contributed by atoms with E-state index in [0.717, 1.165) is 17.1 Å². The summed E-state index contributed by atoms with van der Waals surface area (Å²) in [4.78, 5) is 12.9. The molecule has 0 amide bonds. The first-order valence-electron chi connectivity index (χ1n) is 9.59. The second-order valence-corrected chi connectivity index (χ2v) is 7.89. The molecule has 5 nitrogen and oxygen atoms in total. The number of carbonyl (C=O) groups excluding carboxylic acids is 1. The summed E-state index contributed by atoms with van der Waals surface area (Å²) >= 11 is 1.41. The first kappa shape index (κ1) is 17.9. The molecule has 1 aliphatic rings. The molecule has 1 aliphatic carbocycles. The third-order valence-electron chi connectivity index (χ3n) is 5.23. The molecule has 0 radical (unpaired) electrons. The summed E-state index contributed by atoms with van der Waals surface area (Å²) in [5.74, 6) is 1.76. The lowest BCUT2D eigenvalue weighted by molar-refractivity contribution is 0.102. The van der Waals surface area contributed by atoms with Crippen LogP contribution in [0.3, 0.4) is 0 Å². The summed E-state index contributed by atoms with van der Waals surface area (Å²) in [5.41, 5.74) is 5.75. The van der Waals surface area contributed by atoms with E-state index in [1.54, 1.807) is 6.26 Å². The number of ketones is 1. The highest BCUT2D eigenvalue weighted by atomic mass is 32.2. The quantitative estimate of drug-likeness (QED) is 0.292. The number of hydrogen-bond acceptors (Lipinski definition) is 5. The van der Waals surface area contributed by atoms with Crippen LogP contribution < -0.4 is 0 Å². The Bertz CT molecular complexity index is 1190. The third-order valence-corrected chi connectivity index (χ3v) is 6.19. The van der Waals surface area contributed by atoms with Crippen LogP contribution >= 0.6 is 11.8 Å². The molecule has 0 unspecified atom stereocenters. The lowest BCUT2D eigenvalue weighted by Crippen LogP contribution is -2.05. The number of nitrogens with zero attached hydrogens (tertiary/aromatic N) is 3. The number of carbonyl (C=O) groups is 1. The molecular formula is C23H19N3O2S. The van der Waals surface area contributed by atoms with Crippen molar-refractivity contribution in [1.29, 1.82) is 0 Å². The highest BCUT2D eigenvalue weighted by Crippen LogP contribution is 2.37. The van der Waals surface area contributed by atoms with Gasteiger partial charge in [-0.1, -0.05) is 48.2 Å². The van der Waals surface area contributed by atoms with Crippen LogP contribution in [0.15, 0.2) is 70.4 Å². The average molecular weight is 401 g/mol. The van der Waals surface area contributed by atoms with Crippen molar-refractivity contribution in [2.24, 2.45) is 0 Å². The van der Waals surface area contributed by atoms with Crippen LogP contribution in [0.2, 0.25) is 0 Å². The van der Waals surface area contributed by atoms with E-state index in [9.17, 15) is 4.79 Å². The molecule has 4 aromatic rings. The number of rotatable bonds is 6. The number of thioether (sulfide) groups is 1. The third kappa shape index (κ3) is 3.19. The Morgan fingerprint density at radius 1 is 1.07 bits per heavy atom. The maximum atomic E-state index is 12.9. The molecule has 0 aliphatic heterocycles. The Labute approximate surface area is 172 Å². The van der Waals surface area contributed by atoms with Gasteiger partial charge in [0.25, 0.3) is 0 Å². The van der Waals surface area contributed by atoms with E-state index in [1.807, 2.05) is 41.8 Å². The van der Waals surface area contributed by atoms with Crippen molar-refractivity contribution < 1.29 is 9.21 Å². The Morgan fingerprint density at radius 2 is 1.93 bits per heavy atom. The van der Waals surface area contributed by atoms with Gasteiger partial charge in [-0.05, 0) is 53.8 Å². The van der Waals surface area contributed by atoms with Crippen molar-refractivity contribution in [2.45, 2.75) is 25.0 Å². The second-order valence-electron chi connectivity index (χ2n) is 6.95. The maximum absolute atomic E-state index is 12.9. The van der Waals surface area contributed by atoms with Crippen LogP contribution in [0.4, 0.5) is 0 Å². The first-order valence-corrected chi connectivity index (χ1v) is 10.6. The van der Waals surface area contributed by atoms with E-state index in [0.29, 0.717) is 23.9 Å². The van der Waals surface area contributed by atoms with E-state index < -0.39 is 0 Å². The van der Waals surface area contributed by atoms with Gasteiger partial charge in [-0.25, -0.2) is 0 Å². The Kier molecular flexibility index (Phi) is 4.56. The number of furan rings is 1. The van der Waals surface area contributed by atoms with Crippen LogP contribution in [0.5, 0.6) is 0 Å². The monoisotopic (exact) mass is 401 g/mol. The van der Waals surface area contributed by atoms with Gasteiger partial charge in [-0.3, -0.25) is 9.36 Å². The number of hydrogen-bond donors (Lipinski definition) is 0. The highest BCUT2D eigenvalue weighted by Gasteiger charge is 2.20. The van der Waals surface area contributed by atoms with E-state index in [2.05, 4.69) is 34.5 Å². The summed E-state index contributed by atoms with van der Waals surface area (Å²) in [6.45, 7) is 2.73. The average Bonchev–Trinajstić information content (AvgIpc) is 3.49. The molecular weight excluding hydrogens is 382 g/mol. The smallest absolute Gasteiger partial charge is 0.200 e. The minimum Gasteiger partial charge on any atom is -0.461 e. The van der Waals surface area contributed by atoms with Crippen molar-refractivity contribution >= 4 is 17.5 Å². The molecule has 2 aromatic heterocycles. The molecule has 0 saturated heterocycles. The fourth-order valence-electron chi connectivity index (χ4n) is 3.78. The van der Waals surface area contributed by atoms with Crippen molar-refractivity contribution in [3.8, 4) is 22.7 Å². The summed E-state index contributed by atoms with van der Waals surface area (Å²) in [6.07, 6.45) is 2.55. The second kappa shape index (κ2) is 7.37. The minimum absolute atomic E-state index is 0.0902. The van der Waals surface area contributed by atoms with Gasteiger partial charge in [0.2, 0.25) is 0 Å². The predicted octanol–water partition coefficient (Wildman–Crippen LogP) is 5.10. The van der Waals surface area contributed by atoms with Gasteiger partial charge in [0.15, 0.2) is 22.5 Å². The van der Waals surface area contributed by atoms with Gasteiger partial charge in [-0.15, -0.1) is 10.2 Å². The van der Waals surface area contributed by atoms with E-state index in [1.165, 1.54) is 34.0 Å². The van der Waals surface area contributed by atoms with E-state index in [4.69, 9.17) is 4.42 Å². The lowest BCUT2D eigenvalue weighted by Gasteiger charge is -2.07. The Balaban J connectivity index is 1.35. The molecule has 6 heteroatoms. The molecule has 0 bridgehead atoms. The molecule has 2 aromatic carbocycles. The van der Waals surface area contributed by atoms with Gasteiger partial charge in [-0.2, -0.15) is 0 Å². The number of Topliss-reactive ketones (excluding diaryl/α,β-unsaturated/α-hetero) is 1. The van der Waals surface area contributed by atoms with Gasteiger partial charge in [0.1, 0.15) is 0 Å². The van der Waals surface area contributed by atoms with Crippen LogP contribution in [-0.2, 0) is 13.0 Å². The predicted molar refractivity (Wildman–Crippen MR) is 113 cm³/mol. The largest absolute Gasteiger partial charge is 0.461 e. The summed E-state index contributed by atoms with van der Waals surface area (Å²) in [6, 6.07) is 18.1. The zero-order valence-corrected chi connectivity index (χ0v) is 16.8. The summed E-state index contributed by atoms with van der Waals surface area (Å²) in [7, 11) is 0. The first-order chi connectivity index (χ1) is 14.2. The molecule has 5 rings (SSSR count). The van der Waals surface area contributed by atoms with E-state index in [-0.39, 0.29) is 5.78 Å². The highest BCUT2D eigenvalue weighted by molar-refractivity contribution is 7.99. The van der Waals surface area contributed by atoms with Crippen LogP contribution in [0.25, 0.3) is 22.7 Å². The molecule has 144 valence electrons. The van der Waals surface area contributed by atoms with Gasteiger partial charge in [0.05, 0.1) is 12.0 Å². The molecule has 0 fully saturated rings. The summed E-state index contributed by atoms with van der Waals surface area (Å²) < 4.78 is 7.41. The normalized spacial score (nSPS) is 12.0. The molecule has 0 N–H and O–H groups in total. The molecule has 29 heavy (non-hydrogen) atoms. The fraction of sp³-hybridized carbons (Fsp3) is 0.174. The molecule has 0 saturated carbocycles. The standard InChI is InChI=1S/C23H19N3O2S/c1-2-26-22(21-8-5-11-28-21)24-25-23(26)29-14-20(27)17-10-9-16-12-15-6-3-4-7-18(15)19(16)13-17/h3-11,13H,2,12,14H2,1H3. The van der Waals surface area contributed by atoms with Crippen molar-refractivity contribution in [3.63, 3.8) is 0 Å². The fourth-order valence-corrected chi connectivity index (χ4v) is 4.68. The van der Waals surface area contributed by atoms with Crippen LogP contribution in [-0.4, -0.2) is 26.3 Å². The Hall–Kier alpha value is -3.12. The molecule has 0 atom stereocenters. The number of fused-ring (bicyclic) bond motifs is 3. The van der Waals surface area contributed by atoms with E-state index >= 15 is 0 Å². The number of aromatic nitrogens is 3. The van der Waals surface area contributed by atoms with Crippen LogP contribution in [0, 0.1) is 0 Å². The molecule has 0 spiro atoms. The minimum atomic E-state index is 0.0902. The summed E-state index contributed by atoms with van der Waals surface area (Å²) in [5, 5.41) is 9.22. The van der Waals surface area contributed by atoms with Gasteiger partial charge >= 0.3 is 0 Å². The maximum Gasteiger partial charge on any atom is 0.200 e. The topological polar surface area (TPSA) is 60.9 Å². The Morgan fingerprint density at radius 3 is 2.76 bits per heavy atom. The van der Waals surface area contributed by atoms with Crippen LogP contribution in [0.1, 0.15) is 28.4 Å². The van der Waals surface area contributed by atoms with Gasteiger partial charge in [0, 0.05) is 12.1 Å².